The minimum absolute atomic E-state index is 0.828. The molecule has 0 saturated heterocycles. The monoisotopic (exact) mass is 203 g/mol. The van der Waals surface area contributed by atoms with Gasteiger partial charge < -0.3 is 4.74 Å². The van der Waals surface area contributed by atoms with E-state index in [2.05, 4.69) is 11.6 Å². The molecule has 1 rings (SSSR count). The molecule has 0 aliphatic carbocycles. The summed E-state index contributed by atoms with van der Waals surface area (Å²) in [4.78, 5) is 4.42. The van der Waals surface area contributed by atoms with E-state index in [4.69, 9.17) is 4.74 Å². The maximum absolute atomic E-state index is 5.13. The van der Waals surface area contributed by atoms with Crippen molar-refractivity contribution in [3.05, 3.63) is 28.6 Å². The van der Waals surface area contributed by atoms with Crippen molar-refractivity contribution in [3.8, 4) is 5.75 Å². The van der Waals surface area contributed by atoms with Crippen molar-refractivity contribution in [2.24, 2.45) is 4.99 Å². The highest BCUT2D eigenvalue weighted by Crippen LogP contribution is 2.02. The minimum Gasteiger partial charge on any atom is -0.497 e. The van der Waals surface area contributed by atoms with Crippen molar-refractivity contribution >= 4 is 18.0 Å². The molecule has 2 heteroatoms. The average molecular weight is 203 g/mol. The van der Waals surface area contributed by atoms with Gasteiger partial charge in [0, 0.05) is 16.6 Å². The van der Waals surface area contributed by atoms with Crippen molar-refractivity contribution in [1.29, 1.82) is 0 Å². The molecule has 0 fully saturated rings. The van der Waals surface area contributed by atoms with Gasteiger partial charge in [-0.1, -0.05) is 6.58 Å². The van der Waals surface area contributed by atoms with E-state index in [9.17, 15) is 0 Å². The van der Waals surface area contributed by atoms with Crippen LogP contribution in [-0.2, 0) is 0 Å². The normalized spacial score (nSPS) is 12.0. The van der Waals surface area contributed by atoms with Gasteiger partial charge in [-0.2, -0.15) is 0 Å². The van der Waals surface area contributed by atoms with E-state index in [0.29, 0.717) is 0 Å². The second-order valence-electron chi connectivity index (χ2n) is 3.67. The summed E-state index contributed by atoms with van der Waals surface area (Å²) in [6.45, 7) is 9.94. The van der Waals surface area contributed by atoms with E-state index in [1.165, 1.54) is 0 Å². The molecule has 0 unspecified atom stereocenters. The highest BCUT2D eigenvalue weighted by molar-refractivity contribution is 5.82. The molecule has 1 aromatic carbocycles. The van der Waals surface area contributed by atoms with Crippen LogP contribution in [0.1, 0.15) is 20.8 Å². The Morgan fingerprint density at radius 2 is 1.93 bits per heavy atom. The van der Waals surface area contributed by atoms with Crippen molar-refractivity contribution in [2.75, 3.05) is 7.11 Å². The van der Waals surface area contributed by atoms with Crippen LogP contribution in [0.3, 0.4) is 0 Å². The van der Waals surface area contributed by atoms with E-state index < -0.39 is 0 Å². The molecule has 0 amide bonds. The molecule has 15 heavy (non-hydrogen) atoms. The van der Waals surface area contributed by atoms with Gasteiger partial charge in [-0.3, -0.25) is 4.99 Å². The lowest BCUT2D eigenvalue weighted by Gasteiger charge is -2.00. The second-order valence-corrected chi connectivity index (χ2v) is 3.67. The molecule has 0 aliphatic rings. The van der Waals surface area contributed by atoms with Crippen LogP contribution >= 0.6 is 0 Å². The molecule has 0 heterocycles. The maximum Gasteiger partial charge on any atom is 0.119 e. The molecule has 2 nitrogen and oxygen atoms in total. The molecular weight excluding hydrogens is 186 g/mol. The van der Waals surface area contributed by atoms with Crippen LogP contribution in [-0.4, -0.2) is 12.8 Å². The molecule has 0 aromatic heterocycles. The number of benzene rings is 1. The van der Waals surface area contributed by atoms with E-state index in [-0.39, 0.29) is 0 Å². The summed E-state index contributed by atoms with van der Waals surface area (Å²) in [7, 11) is 1.65. The van der Waals surface area contributed by atoms with Gasteiger partial charge in [0.15, 0.2) is 0 Å². The van der Waals surface area contributed by atoms with E-state index in [1.807, 2.05) is 39.0 Å². The third kappa shape index (κ3) is 2.94. The molecule has 0 atom stereocenters. The summed E-state index contributed by atoms with van der Waals surface area (Å²) < 4.78 is 5.13. The summed E-state index contributed by atoms with van der Waals surface area (Å²) in [5, 5.41) is 2.01. The zero-order chi connectivity index (χ0) is 11.4. The van der Waals surface area contributed by atoms with Crippen LogP contribution in [0, 0.1) is 0 Å². The molecule has 0 saturated carbocycles. The van der Waals surface area contributed by atoms with Gasteiger partial charge in [-0.05, 0) is 44.2 Å². The van der Waals surface area contributed by atoms with E-state index in [1.54, 1.807) is 7.11 Å². The third-order valence-electron chi connectivity index (χ3n) is 2.09. The van der Waals surface area contributed by atoms with Crippen molar-refractivity contribution < 1.29 is 4.74 Å². The fraction of sp³-hybridized carbons (Fsp3) is 0.308. The first-order chi connectivity index (χ1) is 7.04. The summed E-state index contributed by atoms with van der Waals surface area (Å²) >= 11 is 0. The number of hydrogen-bond acceptors (Lipinski definition) is 2. The Balaban J connectivity index is 3.39. The first-order valence-corrected chi connectivity index (χ1v) is 4.90. The quantitative estimate of drug-likeness (QED) is 0.671. The molecule has 0 spiro atoms. The average Bonchev–Trinajstić information content (AvgIpc) is 2.16. The maximum atomic E-state index is 5.13. The predicted octanol–water partition coefficient (Wildman–Crippen LogP) is 1.71. The third-order valence-corrected chi connectivity index (χ3v) is 2.09. The summed E-state index contributed by atoms with van der Waals surface area (Å²) in [5.41, 5.74) is 2.03. The Labute approximate surface area is 90.6 Å². The standard InChI is InChI=1S/C13H17NO/c1-9(2)14-11(4)13-7-6-12(15-5)8-10(13)3/h6-8H,3H2,1-2,4-5H3/b13-11-. The Hall–Kier alpha value is -1.57. The van der Waals surface area contributed by atoms with Crippen LogP contribution in [0.15, 0.2) is 23.2 Å². The lowest BCUT2D eigenvalue weighted by Crippen LogP contribution is -2.24. The number of hydrogen-bond donors (Lipinski definition) is 0. The number of rotatable bonds is 2. The molecule has 0 radical (unpaired) electrons. The second kappa shape index (κ2) is 4.78. The fourth-order valence-electron chi connectivity index (χ4n) is 1.45. The van der Waals surface area contributed by atoms with Gasteiger partial charge in [-0.25, -0.2) is 0 Å². The Morgan fingerprint density at radius 3 is 2.40 bits per heavy atom. The number of aliphatic imine (C=N–C) groups is 1. The zero-order valence-corrected chi connectivity index (χ0v) is 9.79. The highest BCUT2D eigenvalue weighted by Gasteiger charge is 1.93. The van der Waals surface area contributed by atoms with Crippen LogP contribution in [0.25, 0.3) is 12.3 Å². The SMILES string of the molecule is C=c1cc(OC)cc/c1=C(\C)N=C(C)C. The van der Waals surface area contributed by atoms with Gasteiger partial charge in [0.05, 0.1) is 7.11 Å². The highest BCUT2D eigenvalue weighted by atomic mass is 16.5. The number of methoxy groups -OCH3 is 1. The van der Waals surface area contributed by atoms with E-state index in [0.717, 1.165) is 27.6 Å². The van der Waals surface area contributed by atoms with Crippen LogP contribution in [0.2, 0.25) is 0 Å². The fourth-order valence-corrected chi connectivity index (χ4v) is 1.45. The lowest BCUT2D eigenvalue weighted by molar-refractivity contribution is 0.414. The number of ether oxygens (including phenoxy) is 1. The zero-order valence-electron chi connectivity index (χ0n) is 9.79. The largest absolute Gasteiger partial charge is 0.497 e. The van der Waals surface area contributed by atoms with Crippen molar-refractivity contribution in [2.45, 2.75) is 20.8 Å². The Morgan fingerprint density at radius 1 is 1.27 bits per heavy atom. The van der Waals surface area contributed by atoms with Gasteiger partial charge in [0.25, 0.3) is 0 Å². The Kier molecular flexibility index (Phi) is 3.67. The molecule has 0 N–H and O–H groups in total. The summed E-state index contributed by atoms with van der Waals surface area (Å²) in [6, 6.07) is 5.83. The van der Waals surface area contributed by atoms with Gasteiger partial charge in [-0.15, -0.1) is 0 Å². The van der Waals surface area contributed by atoms with Gasteiger partial charge >= 0.3 is 0 Å². The van der Waals surface area contributed by atoms with Crippen molar-refractivity contribution in [1.82, 2.24) is 0 Å². The molecule has 0 bridgehead atoms. The molecule has 80 valence electrons. The predicted molar refractivity (Wildman–Crippen MR) is 65.6 cm³/mol. The van der Waals surface area contributed by atoms with Gasteiger partial charge in [0.1, 0.15) is 5.75 Å². The van der Waals surface area contributed by atoms with Crippen LogP contribution < -0.4 is 15.2 Å². The minimum atomic E-state index is 0.828. The van der Waals surface area contributed by atoms with E-state index >= 15 is 0 Å². The number of nitrogens with zero attached hydrogens (tertiary/aromatic N) is 1. The van der Waals surface area contributed by atoms with Crippen LogP contribution in [0.4, 0.5) is 0 Å². The molecule has 0 aliphatic heterocycles. The molecule has 1 aromatic rings. The van der Waals surface area contributed by atoms with Crippen molar-refractivity contribution in [3.63, 3.8) is 0 Å². The summed E-state index contributed by atoms with van der Waals surface area (Å²) in [5.74, 6) is 0.828. The topological polar surface area (TPSA) is 21.6 Å². The first-order valence-electron chi connectivity index (χ1n) is 4.90. The van der Waals surface area contributed by atoms with Gasteiger partial charge in [0.2, 0.25) is 0 Å². The first kappa shape index (κ1) is 11.5. The summed E-state index contributed by atoms with van der Waals surface area (Å²) in [6.07, 6.45) is 0. The lowest BCUT2D eigenvalue weighted by atomic mass is 10.2. The molecular formula is C13H17NO. The Bertz CT molecular complexity index is 482. The van der Waals surface area contributed by atoms with Crippen LogP contribution in [0.5, 0.6) is 5.75 Å². The smallest absolute Gasteiger partial charge is 0.119 e.